The van der Waals surface area contributed by atoms with Crippen molar-refractivity contribution in [2.24, 2.45) is 0 Å². The zero-order valence-corrected chi connectivity index (χ0v) is 9.01. The number of aromatic nitrogens is 1. The summed E-state index contributed by atoms with van der Waals surface area (Å²) in [5, 5.41) is 19.3. The van der Waals surface area contributed by atoms with Crippen molar-refractivity contribution in [1.82, 2.24) is 4.98 Å². The van der Waals surface area contributed by atoms with Crippen LogP contribution < -0.4 is 4.74 Å². The van der Waals surface area contributed by atoms with Gasteiger partial charge in [0.15, 0.2) is 0 Å². The molecule has 0 amide bonds. The van der Waals surface area contributed by atoms with Crippen LogP contribution in [0.25, 0.3) is 0 Å². The van der Waals surface area contributed by atoms with E-state index in [9.17, 15) is 10.1 Å². The fourth-order valence-corrected chi connectivity index (χ4v) is 1.31. The number of methoxy groups -OCH3 is 1. The van der Waals surface area contributed by atoms with E-state index in [1.54, 1.807) is 6.92 Å². The first-order valence-corrected chi connectivity index (χ1v) is 4.66. The van der Waals surface area contributed by atoms with Crippen molar-refractivity contribution in [3.8, 4) is 11.9 Å². The second-order valence-electron chi connectivity index (χ2n) is 3.28. The number of rotatable bonds is 4. The summed E-state index contributed by atoms with van der Waals surface area (Å²) < 4.78 is 4.90. The molecule has 1 atom stereocenters. The Hall–Kier alpha value is -2.16. The van der Waals surface area contributed by atoms with Gasteiger partial charge in [-0.15, -0.1) is 0 Å². The number of nitrogens with zero attached hydrogens (tertiary/aromatic N) is 3. The number of hydrogen-bond acceptors (Lipinski definition) is 5. The second-order valence-corrected chi connectivity index (χ2v) is 3.28. The molecular weight excluding hydrogens is 210 g/mol. The van der Waals surface area contributed by atoms with Gasteiger partial charge in [0.2, 0.25) is 5.88 Å². The Morgan fingerprint density at radius 3 is 2.88 bits per heavy atom. The molecule has 6 nitrogen and oxygen atoms in total. The van der Waals surface area contributed by atoms with Crippen molar-refractivity contribution >= 4 is 5.69 Å². The third-order valence-corrected chi connectivity index (χ3v) is 2.15. The SMILES string of the molecule is COc1ccc([N+](=O)[O-])c(C(C)CC#N)n1. The number of ether oxygens (including phenoxy) is 1. The first-order chi connectivity index (χ1) is 7.60. The minimum absolute atomic E-state index is 0.0800. The monoisotopic (exact) mass is 221 g/mol. The molecule has 1 aromatic rings. The van der Waals surface area contributed by atoms with Crippen molar-refractivity contribution in [3.05, 3.63) is 27.9 Å². The molecule has 0 N–H and O–H groups in total. The van der Waals surface area contributed by atoms with Gasteiger partial charge in [0, 0.05) is 24.5 Å². The van der Waals surface area contributed by atoms with E-state index in [1.807, 2.05) is 6.07 Å². The molecule has 0 saturated heterocycles. The van der Waals surface area contributed by atoms with Gasteiger partial charge in [-0.3, -0.25) is 10.1 Å². The molecule has 16 heavy (non-hydrogen) atoms. The highest BCUT2D eigenvalue weighted by molar-refractivity contribution is 5.40. The number of pyridine rings is 1. The highest BCUT2D eigenvalue weighted by Crippen LogP contribution is 2.28. The lowest BCUT2D eigenvalue weighted by Crippen LogP contribution is -2.03. The smallest absolute Gasteiger partial charge is 0.291 e. The summed E-state index contributed by atoms with van der Waals surface area (Å²) in [5.74, 6) is 0.0193. The van der Waals surface area contributed by atoms with Crippen LogP contribution in [-0.4, -0.2) is 17.0 Å². The van der Waals surface area contributed by atoms with E-state index < -0.39 is 4.92 Å². The largest absolute Gasteiger partial charge is 0.481 e. The van der Waals surface area contributed by atoms with E-state index >= 15 is 0 Å². The molecule has 0 spiro atoms. The van der Waals surface area contributed by atoms with Crippen LogP contribution in [0.3, 0.4) is 0 Å². The predicted molar refractivity (Wildman–Crippen MR) is 56.1 cm³/mol. The molecule has 0 aliphatic heterocycles. The van der Waals surface area contributed by atoms with Gasteiger partial charge in [0.1, 0.15) is 5.69 Å². The zero-order chi connectivity index (χ0) is 12.1. The van der Waals surface area contributed by atoms with E-state index in [2.05, 4.69) is 4.98 Å². The van der Waals surface area contributed by atoms with Crippen LogP contribution in [0.15, 0.2) is 12.1 Å². The molecule has 1 aromatic heterocycles. The molecule has 6 heteroatoms. The molecule has 0 fully saturated rings. The Morgan fingerprint density at radius 2 is 2.38 bits per heavy atom. The maximum absolute atomic E-state index is 10.8. The topological polar surface area (TPSA) is 89.0 Å². The van der Waals surface area contributed by atoms with E-state index in [0.29, 0.717) is 5.88 Å². The lowest BCUT2D eigenvalue weighted by atomic mass is 10.0. The van der Waals surface area contributed by atoms with Crippen LogP contribution in [0, 0.1) is 21.4 Å². The minimum atomic E-state index is -0.504. The van der Waals surface area contributed by atoms with Gasteiger partial charge >= 0.3 is 0 Å². The van der Waals surface area contributed by atoms with Crippen molar-refractivity contribution in [1.29, 1.82) is 5.26 Å². The van der Waals surface area contributed by atoms with Gasteiger partial charge in [0.25, 0.3) is 5.69 Å². The molecule has 0 aliphatic carbocycles. The number of hydrogen-bond donors (Lipinski definition) is 0. The maximum Gasteiger partial charge on any atom is 0.291 e. The normalized spacial score (nSPS) is 11.6. The third-order valence-electron chi connectivity index (χ3n) is 2.15. The standard InChI is InChI=1S/C10H11N3O3/c1-7(5-6-11)10-8(13(14)15)3-4-9(12-10)16-2/h3-4,7H,5H2,1-2H3. The van der Waals surface area contributed by atoms with Gasteiger partial charge in [0.05, 0.1) is 18.1 Å². The first kappa shape index (κ1) is 11.9. The fraction of sp³-hybridized carbons (Fsp3) is 0.400. The highest BCUT2D eigenvalue weighted by atomic mass is 16.6. The zero-order valence-electron chi connectivity index (χ0n) is 9.01. The Bertz CT molecular complexity index is 439. The van der Waals surface area contributed by atoms with E-state index in [4.69, 9.17) is 10.00 Å². The average molecular weight is 221 g/mol. The summed E-state index contributed by atoms with van der Waals surface area (Å²) in [7, 11) is 1.44. The Morgan fingerprint density at radius 1 is 1.69 bits per heavy atom. The lowest BCUT2D eigenvalue weighted by Gasteiger charge is -2.08. The maximum atomic E-state index is 10.8. The molecule has 1 unspecified atom stereocenters. The van der Waals surface area contributed by atoms with Gasteiger partial charge in [-0.2, -0.15) is 5.26 Å². The summed E-state index contributed by atoms with van der Waals surface area (Å²) in [5.41, 5.74) is 0.203. The van der Waals surface area contributed by atoms with Gasteiger partial charge < -0.3 is 4.74 Å². The Balaban J connectivity index is 3.20. The van der Waals surface area contributed by atoms with Crippen molar-refractivity contribution in [2.75, 3.05) is 7.11 Å². The number of nitro groups is 1. The quantitative estimate of drug-likeness (QED) is 0.573. The Labute approximate surface area is 92.6 Å². The van der Waals surface area contributed by atoms with E-state index in [0.717, 1.165) is 0 Å². The van der Waals surface area contributed by atoms with Crippen molar-refractivity contribution in [2.45, 2.75) is 19.3 Å². The van der Waals surface area contributed by atoms with Crippen LogP contribution in [0.2, 0.25) is 0 Å². The molecule has 0 bridgehead atoms. The van der Waals surface area contributed by atoms with Gasteiger partial charge in [-0.1, -0.05) is 6.92 Å². The molecule has 84 valence electrons. The molecule has 1 heterocycles. The molecule has 1 rings (SSSR count). The van der Waals surface area contributed by atoms with Crippen molar-refractivity contribution in [3.63, 3.8) is 0 Å². The van der Waals surface area contributed by atoms with Crippen LogP contribution in [0.1, 0.15) is 25.0 Å². The summed E-state index contributed by atoms with van der Waals surface area (Å²) in [6, 6.07) is 4.74. The number of nitriles is 1. The average Bonchev–Trinajstić information content (AvgIpc) is 2.28. The van der Waals surface area contributed by atoms with Crippen molar-refractivity contribution < 1.29 is 9.66 Å². The summed E-state index contributed by atoms with van der Waals surface area (Å²) in [6.07, 6.45) is 0.182. The minimum Gasteiger partial charge on any atom is -0.481 e. The molecule has 0 radical (unpaired) electrons. The molecular formula is C10H11N3O3. The van der Waals surface area contributed by atoms with Gasteiger partial charge in [-0.05, 0) is 0 Å². The third kappa shape index (κ3) is 2.45. The Kier molecular flexibility index (Phi) is 3.78. The predicted octanol–water partition coefficient (Wildman–Crippen LogP) is 2.02. The first-order valence-electron chi connectivity index (χ1n) is 4.66. The fourth-order valence-electron chi connectivity index (χ4n) is 1.31. The summed E-state index contributed by atoms with van der Waals surface area (Å²) >= 11 is 0. The summed E-state index contributed by atoms with van der Waals surface area (Å²) in [4.78, 5) is 14.3. The van der Waals surface area contributed by atoms with E-state index in [1.165, 1.54) is 19.2 Å². The van der Waals surface area contributed by atoms with Crippen LogP contribution in [-0.2, 0) is 0 Å². The lowest BCUT2D eigenvalue weighted by molar-refractivity contribution is -0.386. The van der Waals surface area contributed by atoms with E-state index in [-0.39, 0.29) is 23.7 Å². The van der Waals surface area contributed by atoms with Crippen LogP contribution in [0.5, 0.6) is 5.88 Å². The molecule has 0 saturated carbocycles. The molecule has 0 aromatic carbocycles. The van der Waals surface area contributed by atoms with Gasteiger partial charge in [-0.25, -0.2) is 4.98 Å². The summed E-state index contributed by atoms with van der Waals surface area (Å²) in [6.45, 7) is 1.72. The molecule has 0 aliphatic rings. The van der Waals surface area contributed by atoms with Crippen LogP contribution >= 0.6 is 0 Å². The van der Waals surface area contributed by atoms with Crippen LogP contribution in [0.4, 0.5) is 5.69 Å². The second kappa shape index (κ2) is 5.07. The highest BCUT2D eigenvalue weighted by Gasteiger charge is 2.21.